The highest BCUT2D eigenvalue weighted by atomic mass is 16.6. The summed E-state index contributed by atoms with van der Waals surface area (Å²) in [4.78, 5) is 32.9. The smallest absolute Gasteiger partial charge is 0.352 e. The van der Waals surface area contributed by atoms with Crippen LogP contribution < -0.4 is 14.8 Å². The maximum atomic E-state index is 11.0. The topological polar surface area (TPSA) is 102 Å². The summed E-state index contributed by atoms with van der Waals surface area (Å²) in [5.41, 5.74) is 0.193. The highest BCUT2D eigenvalue weighted by molar-refractivity contribution is 5.96. The number of ether oxygens (including phenoxy) is 2. The van der Waals surface area contributed by atoms with E-state index in [2.05, 4.69) is 5.32 Å². The number of amides is 1. The molecule has 1 amide bonds. The van der Waals surface area contributed by atoms with Gasteiger partial charge in [-0.15, -0.1) is 0 Å². The minimum Gasteiger partial charge on any atom is -0.493 e. The van der Waals surface area contributed by atoms with E-state index in [0.717, 1.165) is 0 Å². The Bertz CT molecular complexity index is 605. The molecule has 2 N–H and O–H groups in total. The van der Waals surface area contributed by atoms with Crippen LogP contribution in [0.3, 0.4) is 0 Å². The summed E-state index contributed by atoms with van der Waals surface area (Å²) in [6.45, 7) is 2.47. The Morgan fingerprint density at radius 1 is 1.19 bits per heavy atom. The number of esters is 1. The van der Waals surface area contributed by atoms with Gasteiger partial charge in [-0.25, -0.2) is 4.79 Å². The number of nitrogens with one attached hydrogen (secondary N) is 1. The van der Waals surface area contributed by atoms with Crippen LogP contribution in [-0.2, 0) is 14.4 Å². The molecule has 0 aromatic heterocycles. The molecule has 7 heteroatoms. The maximum Gasteiger partial charge on any atom is 0.352 e. The van der Waals surface area contributed by atoms with Crippen molar-refractivity contribution in [2.24, 2.45) is 0 Å². The van der Waals surface area contributed by atoms with E-state index >= 15 is 0 Å². The second-order valence-corrected chi connectivity index (χ2v) is 4.05. The Balaban J connectivity index is 3.15. The molecule has 0 atom stereocenters. The molecular formula is C14H15NO6. The first-order valence-corrected chi connectivity index (χ1v) is 5.92. The van der Waals surface area contributed by atoms with Crippen molar-refractivity contribution in [1.82, 2.24) is 5.32 Å². The van der Waals surface area contributed by atoms with Crippen LogP contribution in [0.1, 0.15) is 19.4 Å². The van der Waals surface area contributed by atoms with Gasteiger partial charge in [0.25, 0.3) is 0 Å². The zero-order valence-electron chi connectivity index (χ0n) is 11.8. The summed E-state index contributed by atoms with van der Waals surface area (Å²) in [5.74, 6) is -1.77. The van der Waals surface area contributed by atoms with Gasteiger partial charge >= 0.3 is 11.9 Å². The number of carbonyl (C=O) groups is 3. The molecule has 0 bridgehead atoms. The fourth-order valence-corrected chi connectivity index (χ4v) is 1.52. The molecule has 0 saturated carbocycles. The van der Waals surface area contributed by atoms with E-state index in [1.54, 1.807) is 0 Å². The van der Waals surface area contributed by atoms with Crippen LogP contribution in [0.4, 0.5) is 0 Å². The number of carboxylic acids is 1. The van der Waals surface area contributed by atoms with Gasteiger partial charge in [-0.1, -0.05) is 6.07 Å². The predicted molar refractivity (Wildman–Crippen MR) is 73.7 cm³/mol. The van der Waals surface area contributed by atoms with E-state index in [0.29, 0.717) is 5.56 Å². The average molecular weight is 293 g/mol. The number of carboxylic acid groups (broad SMARTS) is 1. The summed E-state index contributed by atoms with van der Waals surface area (Å²) in [6, 6.07) is 4.49. The van der Waals surface area contributed by atoms with Gasteiger partial charge in [0.2, 0.25) is 5.91 Å². The van der Waals surface area contributed by atoms with E-state index in [4.69, 9.17) is 14.6 Å². The lowest BCUT2D eigenvalue weighted by atomic mass is 10.1. The van der Waals surface area contributed by atoms with Gasteiger partial charge in [0.15, 0.2) is 11.5 Å². The van der Waals surface area contributed by atoms with E-state index in [1.165, 1.54) is 45.2 Å². The highest BCUT2D eigenvalue weighted by Gasteiger charge is 2.11. The fraction of sp³-hybridized carbons (Fsp3) is 0.214. The van der Waals surface area contributed by atoms with Crippen LogP contribution in [0, 0.1) is 0 Å². The molecule has 112 valence electrons. The molecule has 21 heavy (non-hydrogen) atoms. The molecule has 0 spiro atoms. The second kappa shape index (κ2) is 7.09. The third kappa shape index (κ3) is 4.98. The Hall–Kier alpha value is -2.83. The van der Waals surface area contributed by atoms with Crippen molar-refractivity contribution in [1.29, 1.82) is 0 Å². The number of benzene rings is 1. The Labute approximate surface area is 121 Å². The van der Waals surface area contributed by atoms with Gasteiger partial charge in [0.1, 0.15) is 5.70 Å². The first kappa shape index (κ1) is 16.2. The summed E-state index contributed by atoms with van der Waals surface area (Å²) in [7, 11) is 1.39. The third-order valence-corrected chi connectivity index (χ3v) is 2.29. The minimum absolute atomic E-state index is 0.221. The van der Waals surface area contributed by atoms with Crippen LogP contribution in [0.25, 0.3) is 6.08 Å². The van der Waals surface area contributed by atoms with E-state index in [9.17, 15) is 14.4 Å². The number of methoxy groups -OCH3 is 1. The van der Waals surface area contributed by atoms with Crippen molar-refractivity contribution < 1.29 is 29.0 Å². The molecule has 0 aliphatic carbocycles. The third-order valence-electron chi connectivity index (χ3n) is 2.29. The summed E-state index contributed by atoms with van der Waals surface area (Å²) in [5, 5.41) is 11.2. The fourth-order valence-electron chi connectivity index (χ4n) is 1.52. The largest absolute Gasteiger partial charge is 0.493 e. The predicted octanol–water partition coefficient (Wildman–Crippen LogP) is 1.18. The Morgan fingerprint density at radius 3 is 2.33 bits per heavy atom. The molecule has 0 radical (unpaired) electrons. The normalized spacial score (nSPS) is 10.7. The van der Waals surface area contributed by atoms with E-state index in [-0.39, 0.29) is 17.2 Å². The number of aliphatic carboxylic acids is 1. The summed E-state index contributed by atoms with van der Waals surface area (Å²) in [6.07, 6.45) is 1.27. The lowest BCUT2D eigenvalue weighted by molar-refractivity contribution is -0.134. The zero-order valence-corrected chi connectivity index (χ0v) is 11.8. The van der Waals surface area contributed by atoms with Crippen molar-refractivity contribution in [3.05, 3.63) is 29.5 Å². The molecule has 0 fully saturated rings. The standard InChI is InChI=1S/C14H15NO6/c1-8(16)15-11(14(18)19)6-10-4-5-12(21-9(2)17)13(7-10)20-3/h4-7H,1-3H3,(H,15,16)(H,18,19). The summed E-state index contributed by atoms with van der Waals surface area (Å²) < 4.78 is 10.0. The van der Waals surface area contributed by atoms with Gasteiger partial charge in [-0.2, -0.15) is 0 Å². The van der Waals surface area contributed by atoms with Crippen LogP contribution in [0.5, 0.6) is 11.5 Å². The van der Waals surface area contributed by atoms with Crippen molar-refractivity contribution in [2.75, 3.05) is 7.11 Å². The number of hydrogen-bond acceptors (Lipinski definition) is 5. The van der Waals surface area contributed by atoms with Crippen molar-refractivity contribution >= 4 is 23.9 Å². The first-order chi connectivity index (χ1) is 9.83. The number of hydrogen-bond donors (Lipinski definition) is 2. The maximum absolute atomic E-state index is 11.0. The number of carbonyl (C=O) groups excluding carboxylic acids is 2. The first-order valence-electron chi connectivity index (χ1n) is 5.92. The monoisotopic (exact) mass is 293 g/mol. The van der Waals surface area contributed by atoms with Gasteiger partial charge in [0.05, 0.1) is 7.11 Å². The summed E-state index contributed by atoms with van der Waals surface area (Å²) >= 11 is 0. The van der Waals surface area contributed by atoms with Crippen molar-refractivity contribution in [3.8, 4) is 11.5 Å². The lowest BCUT2D eigenvalue weighted by Crippen LogP contribution is -2.24. The van der Waals surface area contributed by atoms with E-state index in [1.807, 2.05) is 0 Å². The SMILES string of the molecule is COc1cc(C=C(NC(C)=O)C(=O)O)ccc1OC(C)=O. The van der Waals surface area contributed by atoms with Crippen LogP contribution >= 0.6 is 0 Å². The molecule has 7 nitrogen and oxygen atoms in total. The molecule has 1 aromatic carbocycles. The molecule has 0 aliphatic heterocycles. The molecular weight excluding hydrogens is 278 g/mol. The average Bonchev–Trinajstić information content (AvgIpc) is 2.38. The lowest BCUT2D eigenvalue weighted by Gasteiger charge is -2.09. The van der Waals surface area contributed by atoms with Crippen LogP contribution in [0.15, 0.2) is 23.9 Å². The van der Waals surface area contributed by atoms with Gasteiger partial charge in [-0.05, 0) is 23.8 Å². The van der Waals surface area contributed by atoms with Crippen LogP contribution in [0.2, 0.25) is 0 Å². The van der Waals surface area contributed by atoms with Crippen molar-refractivity contribution in [3.63, 3.8) is 0 Å². The highest BCUT2D eigenvalue weighted by Crippen LogP contribution is 2.28. The van der Waals surface area contributed by atoms with Gasteiger partial charge in [-0.3, -0.25) is 9.59 Å². The Kier molecular flexibility index (Phi) is 5.48. The quantitative estimate of drug-likeness (QED) is 0.480. The number of rotatable bonds is 5. The Morgan fingerprint density at radius 2 is 1.86 bits per heavy atom. The molecule has 0 saturated heterocycles. The van der Waals surface area contributed by atoms with E-state index < -0.39 is 17.8 Å². The molecule has 1 rings (SSSR count). The molecule has 0 heterocycles. The van der Waals surface area contributed by atoms with Crippen molar-refractivity contribution in [2.45, 2.75) is 13.8 Å². The zero-order chi connectivity index (χ0) is 16.0. The minimum atomic E-state index is -1.27. The van der Waals surface area contributed by atoms with Gasteiger partial charge in [0, 0.05) is 13.8 Å². The molecule has 0 unspecified atom stereocenters. The van der Waals surface area contributed by atoms with Crippen LogP contribution in [-0.4, -0.2) is 30.1 Å². The molecule has 1 aromatic rings. The molecule has 0 aliphatic rings. The van der Waals surface area contributed by atoms with Gasteiger partial charge < -0.3 is 19.9 Å². The second-order valence-electron chi connectivity index (χ2n) is 4.05.